The highest BCUT2D eigenvalue weighted by Gasteiger charge is 2.28. The second kappa shape index (κ2) is 7.50. The van der Waals surface area contributed by atoms with Crippen molar-refractivity contribution in [2.45, 2.75) is 37.1 Å². The van der Waals surface area contributed by atoms with Crippen LogP contribution >= 0.6 is 11.8 Å². The second-order valence-electron chi connectivity index (χ2n) is 4.54. The highest BCUT2D eigenvalue weighted by Crippen LogP contribution is 2.21. The first-order valence-electron chi connectivity index (χ1n) is 6.30. The first-order valence-corrected chi connectivity index (χ1v) is 7.29. The molecule has 0 aliphatic heterocycles. The van der Waals surface area contributed by atoms with Gasteiger partial charge in [-0.2, -0.15) is 0 Å². The molecule has 0 fully saturated rings. The summed E-state index contributed by atoms with van der Waals surface area (Å²) < 4.78 is 17.6. The highest BCUT2D eigenvalue weighted by atomic mass is 32.2. The molecule has 0 bridgehead atoms. The second-order valence-corrected chi connectivity index (χ2v) is 5.71. The van der Waals surface area contributed by atoms with Gasteiger partial charge in [-0.3, -0.25) is 4.79 Å². The van der Waals surface area contributed by atoms with Crippen LogP contribution in [0.2, 0.25) is 0 Å². The third-order valence-electron chi connectivity index (χ3n) is 2.66. The van der Waals surface area contributed by atoms with Crippen LogP contribution in [0.1, 0.15) is 26.7 Å². The van der Waals surface area contributed by atoms with Gasteiger partial charge in [0.25, 0.3) is 0 Å². The summed E-state index contributed by atoms with van der Waals surface area (Å²) in [5, 5.41) is 0. The summed E-state index contributed by atoms with van der Waals surface area (Å²) in [7, 11) is 0. The summed E-state index contributed by atoms with van der Waals surface area (Å²) in [5.41, 5.74) is 4.98. The van der Waals surface area contributed by atoms with E-state index < -0.39 is 5.54 Å². The zero-order valence-corrected chi connectivity index (χ0v) is 12.1. The van der Waals surface area contributed by atoms with Crippen LogP contribution in [0.3, 0.4) is 0 Å². The van der Waals surface area contributed by atoms with Crippen LogP contribution in [0, 0.1) is 5.82 Å². The van der Waals surface area contributed by atoms with E-state index >= 15 is 0 Å². The molecule has 19 heavy (non-hydrogen) atoms. The molecule has 0 heterocycles. The maximum absolute atomic E-state index is 12.7. The Hall–Kier alpha value is -1.07. The SMILES string of the molecule is CCOC(=O)C(C)(N)CCCSc1ccc(F)cc1. The van der Waals surface area contributed by atoms with Gasteiger partial charge < -0.3 is 10.5 Å². The number of carbonyl (C=O) groups is 1. The highest BCUT2D eigenvalue weighted by molar-refractivity contribution is 7.99. The summed E-state index contributed by atoms with van der Waals surface area (Å²) in [4.78, 5) is 12.6. The largest absolute Gasteiger partial charge is 0.465 e. The van der Waals surface area contributed by atoms with E-state index in [2.05, 4.69) is 0 Å². The normalized spacial score (nSPS) is 13.9. The van der Waals surface area contributed by atoms with Crippen LogP contribution in [0.4, 0.5) is 4.39 Å². The molecule has 1 unspecified atom stereocenters. The molecular formula is C14H20FNO2S. The molecule has 1 aromatic rings. The number of halogens is 1. The minimum atomic E-state index is -0.931. The van der Waals surface area contributed by atoms with Crippen LogP contribution in [0.25, 0.3) is 0 Å². The minimum absolute atomic E-state index is 0.235. The van der Waals surface area contributed by atoms with E-state index in [4.69, 9.17) is 10.5 Å². The summed E-state index contributed by atoms with van der Waals surface area (Å²) in [6.07, 6.45) is 1.37. The molecule has 0 aromatic heterocycles. The van der Waals surface area contributed by atoms with Gasteiger partial charge in [-0.15, -0.1) is 11.8 Å². The lowest BCUT2D eigenvalue weighted by Gasteiger charge is -2.21. The topological polar surface area (TPSA) is 52.3 Å². The lowest BCUT2D eigenvalue weighted by atomic mass is 9.98. The maximum atomic E-state index is 12.7. The van der Waals surface area contributed by atoms with Crippen molar-refractivity contribution in [3.63, 3.8) is 0 Å². The molecule has 1 rings (SSSR count). The van der Waals surface area contributed by atoms with Crippen LogP contribution in [0.15, 0.2) is 29.2 Å². The molecule has 2 N–H and O–H groups in total. The molecule has 106 valence electrons. The first-order chi connectivity index (χ1) is 8.95. The third kappa shape index (κ3) is 5.61. The summed E-state index contributed by atoms with van der Waals surface area (Å²) in [6, 6.07) is 6.36. The molecule has 5 heteroatoms. The van der Waals surface area contributed by atoms with Crippen molar-refractivity contribution in [3.05, 3.63) is 30.1 Å². The Morgan fingerprint density at radius 1 is 1.42 bits per heavy atom. The van der Waals surface area contributed by atoms with Crippen molar-refractivity contribution < 1.29 is 13.9 Å². The summed E-state index contributed by atoms with van der Waals surface area (Å²) in [6.45, 7) is 3.79. The quantitative estimate of drug-likeness (QED) is 0.475. The zero-order chi connectivity index (χ0) is 14.3. The molecule has 0 radical (unpaired) electrons. The molecule has 1 aromatic carbocycles. The number of nitrogens with two attached hydrogens (primary N) is 1. The van der Waals surface area contributed by atoms with E-state index in [1.165, 1.54) is 12.1 Å². The lowest BCUT2D eigenvalue weighted by molar-refractivity contribution is -0.149. The number of thioether (sulfide) groups is 1. The van der Waals surface area contributed by atoms with Gasteiger partial charge in [0.15, 0.2) is 0 Å². The number of esters is 1. The van der Waals surface area contributed by atoms with Gasteiger partial charge in [0.1, 0.15) is 11.4 Å². The third-order valence-corrected chi connectivity index (χ3v) is 3.76. The predicted molar refractivity (Wildman–Crippen MR) is 75.6 cm³/mol. The number of ether oxygens (including phenoxy) is 1. The van der Waals surface area contributed by atoms with E-state index in [0.29, 0.717) is 13.0 Å². The van der Waals surface area contributed by atoms with E-state index in [-0.39, 0.29) is 11.8 Å². The molecule has 0 saturated carbocycles. The molecule has 0 aliphatic carbocycles. The molecule has 0 aliphatic rings. The van der Waals surface area contributed by atoms with Gasteiger partial charge in [0.2, 0.25) is 0 Å². The van der Waals surface area contributed by atoms with Crippen molar-refractivity contribution in [1.82, 2.24) is 0 Å². The van der Waals surface area contributed by atoms with Crippen LogP contribution in [0.5, 0.6) is 0 Å². The fourth-order valence-corrected chi connectivity index (χ4v) is 2.41. The number of hydrogen-bond donors (Lipinski definition) is 1. The van der Waals surface area contributed by atoms with E-state index in [0.717, 1.165) is 17.1 Å². The number of carbonyl (C=O) groups excluding carboxylic acids is 1. The predicted octanol–water partition coefficient (Wildman–Crippen LogP) is 2.98. The molecule has 0 amide bonds. The Balaban J connectivity index is 2.30. The average molecular weight is 285 g/mol. The Kier molecular flexibility index (Phi) is 6.31. The van der Waals surface area contributed by atoms with Gasteiger partial charge in [-0.1, -0.05) is 0 Å². The Bertz CT molecular complexity index is 406. The van der Waals surface area contributed by atoms with Gasteiger partial charge in [-0.05, 0) is 56.7 Å². The molecule has 3 nitrogen and oxygen atoms in total. The minimum Gasteiger partial charge on any atom is -0.465 e. The smallest absolute Gasteiger partial charge is 0.325 e. The first kappa shape index (κ1) is 16.0. The Labute approximate surface area is 117 Å². The van der Waals surface area contributed by atoms with E-state index in [9.17, 15) is 9.18 Å². The van der Waals surface area contributed by atoms with E-state index in [1.54, 1.807) is 37.7 Å². The van der Waals surface area contributed by atoms with Crippen molar-refractivity contribution in [3.8, 4) is 0 Å². The maximum Gasteiger partial charge on any atom is 0.325 e. The fourth-order valence-electron chi connectivity index (χ4n) is 1.56. The average Bonchev–Trinajstić information content (AvgIpc) is 2.37. The Morgan fingerprint density at radius 3 is 2.63 bits per heavy atom. The van der Waals surface area contributed by atoms with E-state index in [1.807, 2.05) is 0 Å². The molecular weight excluding hydrogens is 265 g/mol. The number of hydrogen-bond acceptors (Lipinski definition) is 4. The van der Waals surface area contributed by atoms with Crippen molar-refractivity contribution in [2.75, 3.05) is 12.4 Å². The van der Waals surface area contributed by atoms with Crippen molar-refractivity contribution in [1.29, 1.82) is 0 Å². The molecule has 1 atom stereocenters. The van der Waals surface area contributed by atoms with Crippen molar-refractivity contribution >= 4 is 17.7 Å². The van der Waals surface area contributed by atoms with Gasteiger partial charge in [0.05, 0.1) is 6.61 Å². The lowest BCUT2D eigenvalue weighted by Crippen LogP contribution is -2.46. The molecule has 0 saturated heterocycles. The standard InChI is InChI=1S/C14H20FNO2S/c1-3-18-13(17)14(2,16)9-4-10-19-12-7-5-11(15)6-8-12/h5-8H,3-4,9-10,16H2,1-2H3. The van der Waals surface area contributed by atoms with Gasteiger partial charge >= 0.3 is 5.97 Å². The van der Waals surface area contributed by atoms with Crippen LogP contribution in [-0.4, -0.2) is 23.9 Å². The number of rotatable bonds is 7. The number of benzene rings is 1. The Morgan fingerprint density at radius 2 is 2.05 bits per heavy atom. The molecule has 0 spiro atoms. The van der Waals surface area contributed by atoms with Crippen molar-refractivity contribution in [2.24, 2.45) is 5.73 Å². The zero-order valence-electron chi connectivity index (χ0n) is 11.3. The summed E-state index contributed by atoms with van der Waals surface area (Å²) in [5.74, 6) is 0.237. The van der Waals surface area contributed by atoms with Crippen LogP contribution < -0.4 is 5.73 Å². The monoisotopic (exact) mass is 285 g/mol. The van der Waals surface area contributed by atoms with Gasteiger partial charge in [0, 0.05) is 4.90 Å². The van der Waals surface area contributed by atoms with Gasteiger partial charge in [-0.25, -0.2) is 4.39 Å². The van der Waals surface area contributed by atoms with Crippen LogP contribution in [-0.2, 0) is 9.53 Å². The summed E-state index contributed by atoms with van der Waals surface area (Å²) >= 11 is 1.62. The fraction of sp³-hybridized carbons (Fsp3) is 0.500.